The van der Waals surface area contributed by atoms with E-state index in [9.17, 15) is 9.90 Å². The highest BCUT2D eigenvalue weighted by molar-refractivity contribution is 9.10. The summed E-state index contributed by atoms with van der Waals surface area (Å²) in [5.74, 6) is 0.0823. The molecule has 0 bridgehead atoms. The number of aliphatic hydroxyl groups is 1. The van der Waals surface area contributed by atoms with Gasteiger partial charge in [0.15, 0.2) is 0 Å². The lowest BCUT2D eigenvalue weighted by atomic mass is 9.91. The standard InChI is InChI=1S/C15H21BrN2O2/c1-3-15(20)10-18(11-15)9-14(19)17(2)8-12-6-4-5-7-13(12)16/h4-7,20H,3,8-11H2,1-2H3. The number of hydrogen-bond acceptors (Lipinski definition) is 3. The molecule has 0 aromatic heterocycles. The molecular weight excluding hydrogens is 320 g/mol. The summed E-state index contributed by atoms with van der Waals surface area (Å²) < 4.78 is 1.02. The molecule has 0 unspecified atom stereocenters. The number of nitrogens with zero attached hydrogens (tertiary/aromatic N) is 2. The molecule has 4 nitrogen and oxygen atoms in total. The van der Waals surface area contributed by atoms with E-state index in [4.69, 9.17) is 0 Å². The molecule has 1 aliphatic heterocycles. The number of benzene rings is 1. The van der Waals surface area contributed by atoms with E-state index in [1.807, 2.05) is 43.1 Å². The highest BCUT2D eigenvalue weighted by atomic mass is 79.9. The maximum atomic E-state index is 12.1. The van der Waals surface area contributed by atoms with Crippen molar-refractivity contribution in [3.63, 3.8) is 0 Å². The Labute approximate surface area is 128 Å². The van der Waals surface area contributed by atoms with Crippen molar-refractivity contribution in [1.82, 2.24) is 9.80 Å². The predicted molar refractivity (Wildman–Crippen MR) is 82.3 cm³/mol. The molecule has 1 fully saturated rings. The van der Waals surface area contributed by atoms with Crippen LogP contribution >= 0.6 is 15.9 Å². The minimum atomic E-state index is -0.582. The van der Waals surface area contributed by atoms with Gasteiger partial charge in [0, 0.05) is 31.2 Å². The van der Waals surface area contributed by atoms with Crippen LogP contribution in [0.25, 0.3) is 0 Å². The average Bonchev–Trinajstić information content (AvgIpc) is 2.39. The van der Waals surface area contributed by atoms with Crippen LogP contribution < -0.4 is 0 Å². The highest BCUT2D eigenvalue weighted by Gasteiger charge is 2.40. The second-order valence-electron chi connectivity index (χ2n) is 5.56. The molecule has 1 heterocycles. The minimum Gasteiger partial charge on any atom is -0.387 e. The Kier molecular flexibility index (Phi) is 4.83. The van der Waals surface area contributed by atoms with Crippen molar-refractivity contribution in [2.45, 2.75) is 25.5 Å². The topological polar surface area (TPSA) is 43.8 Å². The van der Waals surface area contributed by atoms with E-state index in [0.29, 0.717) is 26.2 Å². The number of likely N-dealkylation sites (tertiary alicyclic amines) is 1. The number of β-amino-alcohol motifs (C(OH)–C–C–N with tert-alkyl or cyclic N) is 1. The second kappa shape index (κ2) is 6.24. The Morgan fingerprint density at radius 2 is 2.10 bits per heavy atom. The molecule has 0 aliphatic carbocycles. The summed E-state index contributed by atoms with van der Waals surface area (Å²) in [5.41, 5.74) is 0.512. The van der Waals surface area contributed by atoms with Crippen molar-refractivity contribution < 1.29 is 9.90 Å². The van der Waals surface area contributed by atoms with E-state index in [1.165, 1.54) is 0 Å². The number of rotatable bonds is 5. The number of carbonyl (C=O) groups excluding carboxylic acids is 1. The first-order valence-electron chi connectivity index (χ1n) is 6.85. The Morgan fingerprint density at radius 3 is 2.70 bits per heavy atom. The number of hydrogen-bond donors (Lipinski definition) is 1. The Bertz CT molecular complexity index is 487. The molecule has 0 spiro atoms. The fourth-order valence-corrected chi connectivity index (χ4v) is 2.81. The summed E-state index contributed by atoms with van der Waals surface area (Å²) in [5, 5.41) is 9.94. The highest BCUT2D eigenvalue weighted by Crippen LogP contribution is 2.24. The molecule has 0 radical (unpaired) electrons. The molecule has 5 heteroatoms. The first-order chi connectivity index (χ1) is 9.43. The van der Waals surface area contributed by atoms with Crippen molar-refractivity contribution in [1.29, 1.82) is 0 Å². The SMILES string of the molecule is CCC1(O)CN(CC(=O)N(C)Cc2ccccc2Br)C1. The van der Waals surface area contributed by atoms with Gasteiger partial charge < -0.3 is 10.0 Å². The Balaban J connectivity index is 1.83. The van der Waals surface area contributed by atoms with E-state index in [2.05, 4.69) is 15.9 Å². The number of carbonyl (C=O) groups is 1. The van der Waals surface area contributed by atoms with Crippen molar-refractivity contribution >= 4 is 21.8 Å². The largest absolute Gasteiger partial charge is 0.387 e. The van der Waals surface area contributed by atoms with Crippen molar-refractivity contribution in [3.8, 4) is 0 Å². The van der Waals surface area contributed by atoms with Gasteiger partial charge in [-0.15, -0.1) is 0 Å². The van der Waals surface area contributed by atoms with Crippen LogP contribution in [0.15, 0.2) is 28.7 Å². The van der Waals surface area contributed by atoms with Crippen molar-refractivity contribution in [3.05, 3.63) is 34.3 Å². The summed E-state index contributed by atoms with van der Waals surface area (Å²) in [7, 11) is 1.81. The van der Waals surface area contributed by atoms with Gasteiger partial charge in [0.1, 0.15) is 0 Å². The van der Waals surface area contributed by atoms with E-state index in [-0.39, 0.29) is 5.91 Å². The van der Waals surface area contributed by atoms with Crippen LogP contribution in [0.5, 0.6) is 0 Å². The normalized spacial score (nSPS) is 17.6. The van der Waals surface area contributed by atoms with Gasteiger partial charge in [0.05, 0.1) is 12.1 Å². The van der Waals surface area contributed by atoms with Crippen LogP contribution in [0.4, 0.5) is 0 Å². The third-order valence-corrected chi connectivity index (χ3v) is 4.62. The first kappa shape index (κ1) is 15.5. The molecule has 1 aliphatic rings. The molecule has 1 amide bonds. The van der Waals surface area contributed by atoms with Crippen LogP contribution in [-0.4, -0.2) is 53.1 Å². The quantitative estimate of drug-likeness (QED) is 0.889. The summed E-state index contributed by atoms with van der Waals surface area (Å²) >= 11 is 3.49. The zero-order chi connectivity index (χ0) is 14.8. The molecule has 20 heavy (non-hydrogen) atoms. The van der Waals surface area contributed by atoms with Gasteiger partial charge in [0.25, 0.3) is 0 Å². The zero-order valence-corrected chi connectivity index (χ0v) is 13.6. The second-order valence-corrected chi connectivity index (χ2v) is 6.42. The lowest BCUT2D eigenvalue weighted by molar-refractivity contribution is -0.141. The van der Waals surface area contributed by atoms with Gasteiger partial charge in [-0.3, -0.25) is 9.69 Å². The molecule has 110 valence electrons. The number of halogens is 1. The molecule has 1 aromatic rings. The fraction of sp³-hybridized carbons (Fsp3) is 0.533. The first-order valence-corrected chi connectivity index (χ1v) is 7.65. The van der Waals surface area contributed by atoms with Gasteiger partial charge in [-0.2, -0.15) is 0 Å². The average molecular weight is 341 g/mol. The third-order valence-electron chi connectivity index (χ3n) is 3.84. The summed E-state index contributed by atoms with van der Waals surface area (Å²) in [4.78, 5) is 15.9. The van der Waals surface area contributed by atoms with E-state index in [1.54, 1.807) is 4.90 Å². The van der Waals surface area contributed by atoms with E-state index >= 15 is 0 Å². The van der Waals surface area contributed by atoms with Crippen molar-refractivity contribution in [2.75, 3.05) is 26.7 Å². The predicted octanol–water partition coefficient (Wildman–Crippen LogP) is 1.86. The molecule has 1 N–H and O–H groups in total. The number of likely N-dealkylation sites (N-methyl/N-ethyl adjacent to an activating group) is 1. The van der Waals surface area contributed by atoms with Crippen LogP contribution in [0, 0.1) is 0 Å². The monoisotopic (exact) mass is 340 g/mol. The molecule has 1 aromatic carbocycles. The third kappa shape index (κ3) is 3.59. The van der Waals surface area contributed by atoms with Gasteiger partial charge >= 0.3 is 0 Å². The lowest BCUT2D eigenvalue weighted by Crippen LogP contribution is -2.63. The summed E-state index contributed by atoms with van der Waals surface area (Å²) in [6.45, 7) is 4.13. The van der Waals surface area contributed by atoms with Gasteiger partial charge in [0.2, 0.25) is 5.91 Å². The maximum Gasteiger partial charge on any atom is 0.236 e. The van der Waals surface area contributed by atoms with Gasteiger partial charge in [-0.05, 0) is 18.1 Å². The van der Waals surface area contributed by atoms with E-state index < -0.39 is 5.60 Å². The Morgan fingerprint density at radius 1 is 1.45 bits per heavy atom. The number of amides is 1. The Hall–Kier alpha value is -0.910. The molecular formula is C15H21BrN2O2. The smallest absolute Gasteiger partial charge is 0.236 e. The molecule has 1 saturated heterocycles. The maximum absolute atomic E-state index is 12.1. The van der Waals surface area contributed by atoms with Gasteiger partial charge in [-0.25, -0.2) is 0 Å². The van der Waals surface area contributed by atoms with Crippen LogP contribution in [0.1, 0.15) is 18.9 Å². The van der Waals surface area contributed by atoms with Crippen LogP contribution in [0.2, 0.25) is 0 Å². The van der Waals surface area contributed by atoms with Crippen LogP contribution in [-0.2, 0) is 11.3 Å². The van der Waals surface area contributed by atoms with E-state index in [0.717, 1.165) is 16.5 Å². The van der Waals surface area contributed by atoms with Crippen LogP contribution in [0.3, 0.4) is 0 Å². The zero-order valence-electron chi connectivity index (χ0n) is 12.0. The summed E-state index contributed by atoms with van der Waals surface area (Å²) in [6.07, 6.45) is 0.741. The molecule has 0 saturated carbocycles. The minimum absolute atomic E-state index is 0.0823. The molecule has 0 atom stereocenters. The molecule has 2 rings (SSSR count). The summed E-state index contributed by atoms with van der Waals surface area (Å²) in [6, 6.07) is 7.91. The van der Waals surface area contributed by atoms with Crippen molar-refractivity contribution in [2.24, 2.45) is 0 Å². The lowest BCUT2D eigenvalue weighted by Gasteiger charge is -2.46. The fourth-order valence-electron chi connectivity index (χ4n) is 2.40. The van der Waals surface area contributed by atoms with Gasteiger partial charge in [-0.1, -0.05) is 41.1 Å².